The number of aliphatic hydroxyl groups excluding tert-OH is 1. The molecule has 1 rings (SSSR count). The van der Waals surface area contributed by atoms with Crippen molar-refractivity contribution in [1.29, 1.82) is 0 Å². The molecule has 0 aromatic carbocycles. The van der Waals surface area contributed by atoms with Crippen molar-refractivity contribution in [1.82, 2.24) is 0 Å². The van der Waals surface area contributed by atoms with Gasteiger partial charge in [0.15, 0.2) is 0 Å². The van der Waals surface area contributed by atoms with Crippen LogP contribution in [0.5, 0.6) is 0 Å². The Kier molecular flexibility index (Phi) is 1.83. The van der Waals surface area contributed by atoms with E-state index in [1.165, 1.54) is 0 Å². The van der Waals surface area contributed by atoms with E-state index >= 15 is 0 Å². The smallest absolute Gasteiger partial charge is 0.121 e. The first kappa shape index (κ1) is 6.01. The van der Waals surface area contributed by atoms with E-state index < -0.39 is 6.10 Å². The summed E-state index contributed by atoms with van der Waals surface area (Å²) < 4.78 is 0. The molecule has 0 radical (unpaired) electrons. The number of hydrogen-bond donors (Lipinski definition) is 1. The Labute approximate surface area is 48.1 Å². The summed E-state index contributed by atoms with van der Waals surface area (Å²) in [5.41, 5.74) is 0. The van der Waals surface area contributed by atoms with Crippen molar-refractivity contribution in [3.8, 4) is 0 Å². The van der Waals surface area contributed by atoms with Gasteiger partial charge >= 0.3 is 0 Å². The third-order valence-corrected chi connectivity index (χ3v) is 1.22. The zero-order valence-corrected chi connectivity index (χ0v) is 4.83. The van der Waals surface area contributed by atoms with Crippen LogP contribution in [0.3, 0.4) is 0 Å². The van der Waals surface area contributed by atoms with E-state index in [1.807, 2.05) is 0 Å². The Morgan fingerprint density at radius 1 is 1.75 bits per heavy atom. The average Bonchev–Trinajstić information content (AvgIpc) is 2.12. The molecule has 0 amide bonds. The highest BCUT2D eigenvalue weighted by molar-refractivity contribution is 4.64. The van der Waals surface area contributed by atoms with E-state index in [0.717, 1.165) is 6.42 Å². The highest BCUT2D eigenvalue weighted by Gasteiger charge is 2.21. The first-order valence-corrected chi connectivity index (χ1v) is 2.77. The minimum Gasteiger partial charge on any atom is -0.391 e. The molecule has 1 fully saturated rings. The second kappa shape index (κ2) is 2.44. The van der Waals surface area contributed by atoms with Crippen LogP contribution in [0.15, 0.2) is 0 Å². The van der Waals surface area contributed by atoms with E-state index in [0.29, 0.717) is 6.61 Å². The maximum atomic E-state index is 8.85. The normalized spacial score (nSPS) is 33.0. The van der Waals surface area contributed by atoms with Crippen molar-refractivity contribution in [3.05, 3.63) is 0 Å². The third-order valence-electron chi connectivity index (χ3n) is 1.22. The molecule has 3 heteroatoms. The Hall–Kier alpha value is -0.120. The fourth-order valence-electron chi connectivity index (χ4n) is 0.669. The van der Waals surface area contributed by atoms with Crippen LogP contribution in [-0.4, -0.2) is 23.9 Å². The van der Waals surface area contributed by atoms with Crippen LogP contribution < -0.4 is 0 Å². The molecule has 0 spiro atoms. The van der Waals surface area contributed by atoms with E-state index in [9.17, 15) is 0 Å². The first-order valence-electron chi connectivity index (χ1n) is 2.77. The van der Waals surface area contributed by atoms with Crippen molar-refractivity contribution in [3.63, 3.8) is 0 Å². The third kappa shape index (κ3) is 1.18. The lowest BCUT2D eigenvalue weighted by Crippen LogP contribution is -2.20. The van der Waals surface area contributed by atoms with Gasteiger partial charge in [0.25, 0.3) is 0 Å². The molecule has 0 bridgehead atoms. The fourth-order valence-corrected chi connectivity index (χ4v) is 0.669. The maximum absolute atomic E-state index is 8.85. The molecule has 48 valence electrons. The van der Waals surface area contributed by atoms with Gasteiger partial charge < -0.3 is 5.11 Å². The van der Waals surface area contributed by atoms with Gasteiger partial charge in [-0.1, -0.05) is 0 Å². The molecule has 2 atom stereocenters. The number of rotatable bonds is 1. The van der Waals surface area contributed by atoms with Gasteiger partial charge in [0.1, 0.15) is 6.10 Å². The Balaban J connectivity index is 2.24. The zero-order valence-electron chi connectivity index (χ0n) is 4.83. The molecule has 1 aliphatic heterocycles. The molecule has 0 aliphatic carbocycles. The van der Waals surface area contributed by atoms with Gasteiger partial charge in [-0.15, -0.1) is 0 Å². The van der Waals surface area contributed by atoms with Crippen LogP contribution in [0.4, 0.5) is 0 Å². The molecule has 1 heterocycles. The fraction of sp³-hybridized carbons (Fsp3) is 1.00. The highest BCUT2D eigenvalue weighted by atomic mass is 17.2. The molecule has 2 unspecified atom stereocenters. The van der Waals surface area contributed by atoms with Gasteiger partial charge in [-0.3, -0.25) is 0 Å². The molecule has 8 heavy (non-hydrogen) atoms. The van der Waals surface area contributed by atoms with Crippen molar-refractivity contribution < 1.29 is 14.9 Å². The molecule has 1 aliphatic rings. The van der Waals surface area contributed by atoms with E-state index in [2.05, 4.69) is 9.78 Å². The Bertz CT molecular complexity index is 66.1. The van der Waals surface area contributed by atoms with E-state index in [-0.39, 0.29) is 6.10 Å². The van der Waals surface area contributed by atoms with Crippen molar-refractivity contribution in [2.75, 3.05) is 6.61 Å². The maximum Gasteiger partial charge on any atom is 0.121 e. The van der Waals surface area contributed by atoms with Gasteiger partial charge in [-0.25, -0.2) is 9.78 Å². The van der Waals surface area contributed by atoms with Gasteiger partial charge in [-0.05, 0) is 6.92 Å². The largest absolute Gasteiger partial charge is 0.391 e. The van der Waals surface area contributed by atoms with Crippen LogP contribution in [0.1, 0.15) is 13.3 Å². The lowest BCUT2D eigenvalue weighted by Gasteiger charge is -2.07. The lowest BCUT2D eigenvalue weighted by atomic mass is 10.2. The Morgan fingerprint density at radius 2 is 2.50 bits per heavy atom. The van der Waals surface area contributed by atoms with Gasteiger partial charge in [-0.2, -0.15) is 0 Å². The summed E-state index contributed by atoms with van der Waals surface area (Å²) in [4.78, 5) is 9.22. The van der Waals surface area contributed by atoms with Gasteiger partial charge in [0, 0.05) is 6.42 Å². The first-order chi connectivity index (χ1) is 3.80. The van der Waals surface area contributed by atoms with Crippen molar-refractivity contribution >= 4 is 0 Å². The van der Waals surface area contributed by atoms with Crippen LogP contribution in [0.25, 0.3) is 0 Å². The second-order valence-electron chi connectivity index (χ2n) is 1.99. The molecule has 0 aromatic rings. The molecule has 1 saturated heterocycles. The van der Waals surface area contributed by atoms with Crippen LogP contribution in [0, 0.1) is 0 Å². The molecular weight excluding hydrogens is 108 g/mol. The predicted octanol–water partition coefficient (Wildman–Crippen LogP) is 0.0877. The van der Waals surface area contributed by atoms with Crippen LogP contribution in [0.2, 0.25) is 0 Å². The molecule has 3 nitrogen and oxygen atoms in total. The predicted molar refractivity (Wildman–Crippen MR) is 27.1 cm³/mol. The standard InChI is InChI=1S/C5H10O3/c1-4(6)5-2-3-7-8-5/h4-6H,2-3H2,1H3. The minimum absolute atomic E-state index is 0.102. The van der Waals surface area contributed by atoms with Crippen LogP contribution in [-0.2, 0) is 9.78 Å². The number of aliphatic hydroxyl groups is 1. The highest BCUT2D eigenvalue weighted by Crippen LogP contribution is 2.11. The van der Waals surface area contributed by atoms with E-state index in [1.54, 1.807) is 6.92 Å². The summed E-state index contributed by atoms with van der Waals surface area (Å²) in [7, 11) is 0. The quantitative estimate of drug-likeness (QED) is 0.496. The molecule has 0 aromatic heterocycles. The molecule has 1 N–H and O–H groups in total. The monoisotopic (exact) mass is 118 g/mol. The van der Waals surface area contributed by atoms with Gasteiger partial charge in [0.2, 0.25) is 0 Å². The summed E-state index contributed by atoms with van der Waals surface area (Å²) in [6.45, 7) is 2.30. The average molecular weight is 118 g/mol. The van der Waals surface area contributed by atoms with Crippen molar-refractivity contribution in [2.24, 2.45) is 0 Å². The zero-order chi connectivity index (χ0) is 5.98. The SMILES string of the molecule is CC(O)C1CCOO1. The van der Waals surface area contributed by atoms with E-state index in [4.69, 9.17) is 5.11 Å². The lowest BCUT2D eigenvalue weighted by molar-refractivity contribution is -0.286. The van der Waals surface area contributed by atoms with Crippen LogP contribution >= 0.6 is 0 Å². The summed E-state index contributed by atoms with van der Waals surface area (Å²) >= 11 is 0. The topological polar surface area (TPSA) is 38.7 Å². The summed E-state index contributed by atoms with van der Waals surface area (Å²) in [6.07, 6.45) is 0.296. The molecule has 0 saturated carbocycles. The summed E-state index contributed by atoms with van der Waals surface area (Å²) in [5.74, 6) is 0. The minimum atomic E-state index is -0.405. The number of hydrogen-bond acceptors (Lipinski definition) is 3. The molecular formula is C5H10O3. The van der Waals surface area contributed by atoms with Crippen molar-refractivity contribution in [2.45, 2.75) is 25.6 Å². The summed E-state index contributed by atoms with van der Waals surface area (Å²) in [6, 6.07) is 0. The summed E-state index contributed by atoms with van der Waals surface area (Å²) in [5, 5.41) is 8.85. The van der Waals surface area contributed by atoms with Gasteiger partial charge in [0.05, 0.1) is 12.7 Å². The Morgan fingerprint density at radius 3 is 2.75 bits per heavy atom. The second-order valence-corrected chi connectivity index (χ2v) is 1.99.